The molecule has 5 nitrogen and oxygen atoms in total. The number of nitrogens with one attached hydrogen (secondary N) is 2. The van der Waals surface area contributed by atoms with Crippen molar-refractivity contribution in [1.29, 1.82) is 0 Å². The molecule has 0 radical (unpaired) electrons. The second-order valence-electron chi connectivity index (χ2n) is 6.83. The smallest absolute Gasteiger partial charge is 0.218 e. The molecule has 25 heavy (non-hydrogen) atoms. The van der Waals surface area contributed by atoms with E-state index in [1.54, 1.807) is 0 Å². The monoisotopic (exact) mass is 352 g/mol. The van der Waals surface area contributed by atoms with Gasteiger partial charge < -0.3 is 15.4 Å². The number of para-hydroxylation sites is 1. The summed E-state index contributed by atoms with van der Waals surface area (Å²) >= 11 is 5.20. The van der Waals surface area contributed by atoms with Gasteiger partial charge in [0.15, 0.2) is 11.6 Å². The first kappa shape index (κ1) is 17.1. The standard InChI is InChI=1S/C19H20N4OS/c1-19(2,3)12-8-10-13(11-9-12)20-18(25)23-22-17-16(24)14-6-4-5-7-15(14)21-17/h4-11,21,24H,1-3H3,(H,20,25). The number of rotatable bonds is 2. The van der Waals surface area contributed by atoms with Crippen LogP contribution in [-0.2, 0) is 5.41 Å². The maximum absolute atomic E-state index is 10.2. The summed E-state index contributed by atoms with van der Waals surface area (Å²) < 4.78 is 0. The molecule has 0 aliphatic carbocycles. The predicted molar refractivity (Wildman–Crippen MR) is 106 cm³/mol. The molecule has 3 rings (SSSR count). The quantitative estimate of drug-likeness (QED) is 0.412. The minimum absolute atomic E-state index is 0.0664. The van der Waals surface area contributed by atoms with Crippen molar-refractivity contribution < 1.29 is 5.11 Å². The molecule has 3 aromatic rings. The van der Waals surface area contributed by atoms with Crippen LogP contribution in [0.25, 0.3) is 10.9 Å². The Hall–Kier alpha value is -2.73. The largest absolute Gasteiger partial charge is 0.504 e. The number of aromatic amines is 1. The fraction of sp³-hybridized carbons (Fsp3) is 0.211. The van der Waals surface area contributed by atoms with Crippen LogP contribution in [0, 0.1) is 0 Å². The third-order valence-electron chi connectivity index (χ3n) is 3.90. The van der Waals surface area contributed by atoms with Gasteiger partial charge in [-0.05, 0) is 47.5 Å². The number of benzene rings is 2. The van der Waals surface area contributed by atoms with Crippen molar-refractivity contribution in [3.8, 4) is 5.75 Å². The van der Waals surface area contributed by atoms with E-state index in [2.05, 4.69) is 53.4 Å². The fourth-order valence-electron chi connectivity index (χ4n) is 2.48. The SMILES string of the molecule is CC(C)(C)c1ccc(NC(=S)N=Nc2[nH]c3ccccc3c2O)cc1. The first-order valence-electron chi connectivity index (χ1n) is 7.97. The number of thiocarbonyl (C=S) groups is 1. The number of H-pyrrole nitrogens is 1. The first-order chi connectivity index (χ1) is 11.8. The highest BCUT2D eigenvalue weighted by molar-refractivity contribution is 7.80. The number of hydrogen-bond acceptors (Lipinski definition) is 3. The van der Waals surface area contributed by atoms with Crippen LogP contribution in [0.5, 0.6) is 5.75 Å². The van der Waals surface area contributed by atoms with Crippen molar-refractivity contribution in [3.63, 3.8) is 0 Å². The van der Waals surface area contributed by atoms with Crippen LogP contribution < -0.4 is 5.32 Å². The summed E-state index contributed by atoms with van der Waals surface area (Å²) in [5.74, 6) is 0.352. The van der Waals surface area contributed by atoms with Gasteiger partial charge >= 0.3 is 0 Å². The zero-order valence-corrected chi connectivity index (χ0v) is 15.2. The van der Waals surface area contributed by atoms with Crippen molar-refractivity contribution in [2.45, 2.75) is 26.2 Å². The first-order valence-corrected chi connectivity index (χ1v) is 8.38. The zero-order valence-electron chi connectivity index (χ0n) is 14.4. The van der Waals surface area contributed by atoms with E-state index in [0.717, 1.165) is 11.2 Å². The number of nitrogens with zero attached hydrogens (tertiary/aromatic N) is 2. The highest BCUT2D eigenvalue weighted by Crippen LogP contribution is 2.34. The van der Waals surface area contributed by atoms with Gasteiger partial charge in [-0.3, -0.25) is 0 Å². The number of azo groups is 1. The highest BCUT2D eigenvalue weighted by atomic mass is 32.1. The summed E-state index contributed by atoms with van der Waals surface area (Å²) in [5, 5.41) is 22.1. The van der Waals surface area contributed by atoms with Crippen molar-refractivity contribution in [3.05, 3.63) is 54.1 Å². The predicted octanol–water partition coefficient (Wildman–Crippen LogP) is 5.65. The van der Waals surface area contributed by atoms with Crippen molar-refractivity contribution in [2.75, 3.05) is 5.32 Å². The van der Waals surface area contributed by atoms with E-state index in [9.17, 15) is 5.11 Å². The molecule has 0 unspecified atom stereocenters. The van der Waals surface area contributed by atoms with E-state index in [-0.39, 0.29) is 22.1 Å². The number of aromatic hydroxyl groups is 1. The van der Waals surface area contributed by atoms with E-state index >= 15 is 0 Å². The third-order valence-corrected chi connectivity index (χ3v) is 4.09. The Morgan fingerprint density at radius 2 is 1.76 bits per heavy atom. The molecule has 1 aromatic heterocycles. The Morgan fingerprint density at radius 3 is 2.40 bits per heavy atom. The number of hydrogen-bond donors (Lipinski definition) is 3. The average molecular weight is 352 g/mol. The minimum atomic E-state index is 0.0664. The minimum Gasteiger partial charge on any atom is -0.504 e. The van der Waals surface area contributed by atoms with Gasteiger partial charge in [0, 0.05) is 11.1 Å². The summed E-state index contributed by atoms with van der Waals surface area (Å²) in [7, 11) is 0. The zero-order chi connectivity index (χ0) is 18.0. The summed E-state index contributed by atoms with van der Waals surface area (Å²) in [6.45, 7) is 6.50. The van der Waals surface area contributed by atoms with E-state index < -0.39 is 0 Å². The van der Waals surface area contributed by atoms with E-state index in [1.165, 1.54) is 5.56 Å². The van der Waals surface area contributed by atoms with Crippen LogP contribution in [0.1, 0.15) is 26.3 Å². The van der Waals surface area contributed by atoms with E-state index in [1.807, 2.05) is 36.4 Å². The van der Waals surface area contributed by atoms with Gasteiger partial charge in [0.25, 0.3) is 0 Å². The molecule has 0 aliphatic heterocycles. The van der Waals surface area contributed by atoms with Gasteiger partial charge in [0.2, 0.25) is 5.11 Å². The normalized spacial score (nSPS) is 12.0. The molecule has 1 heterocycles. The molecule has 2 aromatic carbocycles. The summed E-state index contributed by atoms with van der Waals surface area (Å²) in [6.07, 6.45) is 0. The topological polar surface area (TPSA) is 72.8 Å². The Bertz CT molecular complexity index is 936. The van der Waals surface area contributed by atoms with Gasteiger partial charge in [0.05, 0.1) is 5.52 Å². The summed E-state index contributed by atoms with van der Waals surface area (Å²) in [6, 6.07) is 15.5. The molecule has 0 bridgehead atoms. The molecule has 0 spiro atoms. The van der Waals surface area contributed by atoms with Crippen LogP contribution in [0.15, 0.2) is 58.8 Å². The molecule has 0 aliphatic rings. The molecule has 128 valence electrons. The number of aromatic nitrogens is 1. The highest BCUT2D eigenvalue weighted by Gasteiger charge is 2.13. The fourth-order valence-corrected chi connectivity index (χ4v) is 2.64. The van der Waals surface area contributed by atoms with Crippen LogP contribution in [-0.4, -0.2) is 15.2 Å². The lowest BCUT2D eigenvalue weighted by Gasteiger charge is -2.19. The molecule has 3 N–H and O–H groups in total. The van der Waals surface area contributed by atoms with Crippen molar-refractivity contribution >= 4 is 39.7 Å². The summed E-state index contributed by atoms with van der Waals surface area (Å²) in [4.78, 5) is 3.01. The van der Waals surface area contributed by atoms with Crippen LogP contribution in [0.4, 0.5) is 11.5 Å². The number of fused-ring (bicyclic) bond motifs is 1. The lowest BCUT2D eigenvalue weighted by molar-refractivity contribution is 0.482. The maximum atomic E-state index is 10.2. The lowest BCUT2D eigenvalue weighted by atomic mass is 9.87. The van der Waals surface area contributed by atoms with Crippen LogP contribution in [0.2, 0.25) is 0 Å². The van der Waals surface area contributed by atoms with Gasteiger partial charge in [-0.15, -0.1) is 10.2 Å². The molecule has 0 fully saturated rings. The molecule has 0 amide bonds. The molecule has 6 heteroatoms. The molecule has 0 saturated carbocycles. The summed E-state index contributed by atoms with van der Waals surface area (Å²) in [5.41, 5.74) is 2.99. The van der Waals surface area contributed by atoms with Crippen molar-refractivity contribution in [1.82, 2.24) is 4.98 Å². The van der Waals surface area contributed by atoms with E-state index in [0.29, 0.717) is 5.39 Å². The Labute approximate surface area is 151 Å². The lowest BCUT2D eigenvalue weighted by Crippen LogP contribution is -2.11. The number of anilines is 1. The Morgan fingerprint density at radius 1 is 1.08 bits per heavy atom. The second kappa shape index (κ2) is 6.64. The van der Waals surface area contributed by atoms with Gasteiger partial charge in [-0.2, -0.15) is 0 Å². The second-order valence-corrected chi connectivity index (χ2v) is 7.21. The Balaban J connectivity index is 1.71. The molecule has 0 saturated heterocycles. The Kier molecular flexibility index (Phi) is 4.55. The van der Waals surface area contributed by atoms with Gasteiger partial charge in [-0.1, -0.05) is 45.0 Å². The van der Waals surface area contributed by atoms with Crippen molar-refractivity contribution in [2.24, 2.45) is 10.2 Å². The van der Waals surface area contributed by atoms with Gasteiger partial charge in [-0.25, -0.2) is 0 Å². The average Bonchev–Trinajstić information content (AvgIpc) is 2.89. The van der Waals surface area contributed by atoms with E-state index in [4.69, 9.17) is 12.2 Å². The molecular formula is C19H20N4OS. The molecule has 0 atom stereocenters. The maximum Gasteiger partial charge on any atom is 0.218 e. The van der Waals surface area contributed by atoms with Crippen LogP contribution >= 0.6 is 12.2 Å². The molecular weight excluding hydrogens is 332 g/mol. The van der Waals surface area contributed by atoms with Gasteiger partial charge in [0.1, 0.15) is 0 Å². The third kappa shape index (κ3) is 3.85. The van der Waals surface area contributed by atoms with Crippen LogP contribution in [0.3, 0.4) is 0 Å².